The zero-order valence-corrected chi connectivity index (χ0v) is 16.6. The van der Waals surface area contributed by atoms with Gasteiger partial charge in [0.15, 0.2) is 0 Å². The zero-order chi connectivity index (χ0) is 20.6. The van der Waals surface area contributed by atoms with Crippen molar-refractivity contribution in [3.63, 3.8) is 0 Å². The van der Waals surface area contributed by atoms with Gasteiger partial charge >= 0.3 is 0 Å². The molecule has 150 valence electrons. The quantitative estimate of drug-likeness (QED) is 0.569. The molecule has 6 nitrogen and oxygen atoms in total. The Morgan fingerprint density at radius 1 is 0.828 bits per heavy atom. The van der Waals surface area contributed by atoms with Crippen LogP contribution in [0.4, 0.5) is 11.4 Å². The largest absolute Gasteiger partial charge is 0.497 e. The Kier molecular flexibility index (Phi) is 6.58. The highest BCUT2D eigenvalue weighted by atomic mass is 16.5. The fraction of sp³-hybridized carbons (Fsp3) is 0.174. The summed E-state index contributed by atoms with van der Waals surface area (Å²) in [6, 6.07) is 21.7. The SMILES string of the molecule is COc1ccc(NC(C)C(=O)Nc2ccc(Oc3ccccc3)cc2)c(OC)c1. The van der Waals surface area contributed by atoms with Gasteiger partial charge in [-0.05, 0) is 55.5 Å². The summed E-state index contributed by atoms with van der Waals surface area (Å²) in [6.07, 6.45) is 0. The highest BCUT2D eigenvalue weighted by Crippen LogP contribution is 2.29. The lowest BCUT2D eigenvalue weighted by Gasteiger charge is -2.18. The van der Waals surface area contributed by atoms with Crippen LogP contribution in [0.3, 0.4) is 0 Å². The highest BCUT2D eigenvalue weighted by Gasteiger charge is 2.15. The average Bonchev–Trinajstić information content (AvgIpc) is 2.76. The van der Waals surface area contributed by atoms with Gasteiger partial charge in [-0.25, -0.2) is 0 Å². The van der Waals surface area contributed by atoms with Crippen molar-refractivity contribution in [3.05, 3.63) is 72.8 Å². The van der Waals surface area contributed by atoms with Gasteiger partial charge in [-0.15, -0.1) is 0 Å². The minimum absolute atomic E-state index is 0.167. The van der Waals surface area contributed by atoms with Crippen molar-refractivity contribution in [2.45, 2.75) is 13.0 Å². The molecular formula is C23H24N2O4. The Hall–Kier alpha value is -3.67. The first-order valence-electron chi connectivity index (χ1n) is 9.21. The highest BCUT2D eigenvalue weighted by molar-refractivity contribution is 5.96. The number of rotatable bonds is 8. The number of methoxy groups -OCH3 is 2. The van der Waals surface area contributed by atoms with Gasteiger partial charge in [-0.1, -0.05) is 18.2 Å². The summed E-state index contributed by atoms with van der Waals surface area (Å²) >= 11 is 0. The van der Waals surface area contributed by atoms with E-state index < -0.39 is 6.04 Å². The minimum atomic E-state index is -0.474. The maximum Gasteiger partial charge on any atom is 0.246 e. The molecule has 0 aliphatic carbocycles. The summed E-state index contributed by atoms with van der Waals surface area (Å²) in [5, 5.41) is 6.05. The second-order valence-corrected chi connectivity index (χ2v) is 6.36. The molecule has 1 amide bonds. The van der Waals surface area contributed by atoms with E-state index in [2.05, 4.69) is 10.6 Å². The van der Waals surface area contributed by atoms with Gasteiger partial charge in [0.2, 0.25) is 5.91 Å². The fourth-order valence-electron chi connectivity index (χ4n) is 2.70. The Balaban J connectivity index is 1.59. The summed E-state index contributed by atoms with van der Waals surface area (Å²) in [5.41, 5.74) is 1.40. The number of anilines is 2. The number of carbonyl (C=O) groups excluding carboxylic acids is 1. The first kappa shape index (κ1) is 20.1. The Bertz CT molecular complexity index is 943. The molecule has 3 rings (SSSR count). The molecule has 0 bridgehead atoms. The van der Waals surface area contributed by atoms with Crippen LogP contribution in [0, 0.1) is 0 Å². The first-order chi connectivity index (χ1) is 14.1. The zero-order valence-electron chi connectivity index (χ0n) is 16.6. The predicted octanol–water partition coefficient (Wildman–Crippen LogP) is 4.94. The molecule has 1 atom stereocenters. The molecule has 0 saturated carbocycles. The number of para-hydroxylation sites is 1. The van der Waals surface area contributed by atoms with E-state index in [9.17, 15) is 4.79 Å². The van der Waals surface area contributed by atoms with E-state index in [1.54, 1.807) is 45.4 Å². The Morgan fingerprint density at radius 3 is 2.14 bits per heavy atom. The lowest BCUT2D eigenvalue weighted by atomic mass is 10.2. The summed E-state index contributed by atoms with van der Waals surface area (Å²) in [4.78, 5) is 12.5. The molecule has 6 heteroatoms. The molecule has 0 heterocycles. The molecule has 0 fully saturated rings. The van der Waals surface area contributed by atoms with E-state index in [0.717, 1.165) is 5.75 Å². The molecular weight excluding hydrogens is 368 g/mol. The number of amides is 1. The van der Waals surface area contributed by atoms with Crippen LogP contribution in [0.25, 0.3) is 0 Å². The van der Waals surface area contributed by atoms with Crippen LogP contribution in [-0.2, 0) is 4.79 Å². The van der Waals surface area contributed by atoms with Gasteiger partial charge in [0.1, 0.15) is 29.0 Å². The maximum atomic E-state index is 12.5. The summed E-state index contributed by atoms with van der Waals surface area (Å²) in [5.74, 6) is 2.58. The number of benzene rings is 3. The van der Waals surface area contributed by atoms with Gasteiger partial charge < -0.3 is 24.8 Å². The molecule has 2 N–H and O–H groups in total. The standard InChI is InChI=1S/C23H24N2O4/c1-16(24-21-14-13-20(27-2)15-22(21)28-3)23(26)25-17-9-11-19(12-10-17)29-18-7-5-4-6-8-18/h4-16,24H,1-3H3,(H,25,26). The van der Waals surface area contributed by atoms with Crippen molar-refractivity contribution in [3.8, 4) is 23.0 Å². The number of hydrogen-bond acceptors (Lipinski definition) is 5. The smallest absolute Gasteiger partial charge is 0.246 e. The third-order valence-electron chi connectivity index (χ3n) is 4.27. The van der Waals surface area contributed by atoms with Crippen LogP contribution in [0.1, 0.15) is 6.92 Å². The van der Waals surface area contributed by atoms with Crippen LogP contribution >= 0.6 is 0 Å². The van der Waals surface area contributed by atoms with Crippen molar-refractivity contribution < 1.29 is 19.0 Å². The van der Waals surface area contributed by atoms with Gasteiger partial charge in [-0.2, -0.15) is 0 Å². The number of nitrogens with one attached hydrogen (secondary N) is 2. The van der Waals surface area contributed by atoms with E-state index in [0.29, 0.717) is 28.6 Å². The lowest BCUT2D eigenvalue weighted by Crippen LogP contribution is -2.32. The van der Waals surface area contributed by atoms with Crippen molar-refractivity contribution in [2.75, 3.05) is 24.9 Å². The van der Waals surface area contributed by atoms with Crippen molar-refractivity contribution in [2.24, 2.45) is 0 Å². The van der Waals surface area contributed by atoms with Crippen LogP contribution in [0.2, 0.25) is 0 Å². The van der Waals surface area contributed by atoms with Crippen molar-refractivity contribution in [1.29, 1.82) is 0 Å². The average molecular weight is 392 g/mol. The summed E-state index contributed by atoms with van der Waals surface area (Å²) in [7, 11) is 3.16. The lowest BCUT2D eigenvalue weighted by molar-refractivity contribution is -0.116. The van der Waals surface area contributed by atoms with E-state index in [1.165, 1.54) is 0 Å². The minimum Gasteiger partial charge on any atom is -0.497 e. The molecule has 3 aromatic rings. The molecule has 0 radical (unpaired) electrons. The molecule has 3 aromatic carbocycles. The van der Waals surface area contributed by atoms with Crippen molar-refractivity contribution in [1.82, 2.24) is 0 Å². The third-order valence-corrected chi connectivity index (χ3v) is 4.27. The van der Waals surface area contributed by atoms with E-state index in [1.807, 2.05) is 48.5 Å². The second kappa shape index (κ2) is 9.50. The third kappa shape index (κ3) is 5.42. The topological polar surface area (TPSA) is 68.8 Å². The molecule has 0 aromatic heterocycles. The number of carbonyl (C=O) groups is 1. The monoisotopic (exact) mass is 392 g/mol. The molecule has 1 unspecified atom stereocenters. The van der Waals surface area contributed by atoms with E-state index in [4.69, 9.17) is 14.2 Å². The molecule has 0 spiro atoms. The van der Waals surface area contributed by atoms with Gasteiger partial charge in [0.05, 0.1) is 19.9 Å². The normalized spacial score (nSPS) is 11.3. The number of hydrogen-bond donors (Lipinski definition) is 2. The van der Waals surface area contributed by atoms with Crippen molar-refractivity contribution >= 4 is 17.3 Å². The van der Waals surface area contributed by atoms with Gasteiger partial charge in [0.25, 0.3) is 0 Å². The van der Waals surface area contributed by atoms with Crippen LogP contribution in [-0.4, -0.2) is 26.2 Å². The van der Waals surface area contributed by atoms with Gasteiger partial charge in [-0.3, -0.25) is 4.79 Å². The second-order valence-electron chi connectivity index (χ2n) is 6.36. The molecule has 0 aliphatic heterocycles. The molecule has 29 heavy (non-hydrogen) atoms. The first-order valence-corrected chi connectivity index (χ1v) is 9.21. The molecule has 0 aliphatic rings. The van der Waals surface area contributed by atoms with E-state index in [-0.39, 0.29) is 5.91 Å². The maximum absolute atomic E-state index is 12.5. The summed E-state index contributed by atoms with van der Waals surface area (Å²) in [6.45, 7) is 1.78. The Morgan fingerprint density at radius 2 is 1.48 bits per heavy atom. The summed E-state index contributed by atoms with van der Waals surface area (Å²) < 4.78 is 16.3. The Labute approximate surface area is 170 Å². The van der Waals surface area contributed by atoms with Crippen LogP contribution in [0.5, 0.6) is 23.0 Å². The fourth-order valence-corrected chi connectivity index (χ4v) is 2.70. The van der Waals surface area contributed by atoms with Crippen LogP contribution in [0.15, 0.2) is 72.8 Å². The number of ether oxygens (including phenoxy) is 3. The van der Waals surface area contributed by atoms with E-state index >= 15 is 0 Å². The van der Waals surface area contributed by atoms with Gasteiger partial charge in [0, 0.05) is 11.8 Å². The van der Waals surface area contributed by atoms with Crippen LogP contribution < -0.4 is 24.8 Å². The predicted molar refractivity (Wildman–Crippen MR) is 114 cm³/mol. The molecule has 0 saturated heterocycles.